The standard InChI is InChI=1S/C28H20N4O6S/c33-26(19-8-3-1-4-9-19)30-24(17-23-12-7-15-39-23)27(34)31-29-18-21-16-22(32(36)37)13-14-25(21)38-28(35)20-10-5-2-6-11-20/h1-18H,(H,30,33)(H,31,34)/b24-17+,29-18-. The van der Waals surface area contributed by atoms with E-state index in [1.807, 2.05) is 5.38 Å². The zero-order valence-electron chi connectivity index (χ0n) is 20.1. The number of nitrogens with zero attached hydrogens (tertiary/aromatic N) is 2. The van der Waals surface area contributed by atoms with Crippen LogP contribution in [-0.4, -0.2) is 28.9 Å². The SMILES string of the molecule is O=C(N/N=C\c1cc([N+](=O)[O-])ccc1OC(=O)c1ccccc1)/C(=C\c1cccs1)NC(=O)c1ccccc1. The highest BCUT2D eigenvalue weighted by Gasteiger charge is 2.17. The zero-order chi connectivity index (χ0) is 27.6. The van der Waals surface area contributed by atoms with Crippen molar-refractivity contribution in [2.75, 3.05) is 0 Å². The minimum Gasteiger partial charge on any atom is -0.422 e. The molecule has 39 heavy (non-hydrogen) atoms. The number of carbonyl (C=O) groups is 3. The Morgan fingerprint density at radius 2 is 1.59 bits per heavy atom. The predicted molar refractivity (Wildman–Crippen MR) is 146 cm³/mol. The molecule has 1 aromatic heterocycles. The molecule has 3 aromatic carbocycles. The number of nitro benzene ring substituents is 1. The number of ether oxygens (including phenoxy) is 1. The number of nitrogens with one attached hydrogen (secondary N) is 2. The molecule has 0 unspecified atom stereocenters. The van der Waals surface area contributed by atoms with Crippen molar-refractivity contribution in [3.05, 3.63) is 134 Å². The molecule has 0 aliphatic rings. The average molecular weight is 541 g/mol. The highest BCUT2D eigenvalue weighted by atomic mass is 32.1. The van der Waals surface area contributed by atoms with Crippen molar-refractivity contribution in [2.24, 2.45) is 5.10 Å². The first kappa shape index (κ1) is 26.6. The minimum atomic E-state index is -0.739. The summed E-state index contributed by atoms with van der Waals surface area (Å²) < 4.78 is 5.41. The largest absolute Gasteiger partial charge is 0.422 e. The Balaban J connectivity index is 1.55. The van der Waals surface area contributed by atoms with E-state index in [2.05, 4.69) is 15.8 Å². The topological polar surface area (TPSA) is 140 Å². The molecule has 194 valence electrons. The van der Waals surface area contributed by atoms with E-state index in [0.29, 0.717) is 10.4 Å². The van der Waals surface area contributed by atoms with Crippen molar-refractivity contribution < 1.29 is 24.0 Å². The van der Waals surface area contributed by atoms with Gasteiger partial charge in [-0.1, -0.05) is 42.5 Å². The first-order chi connectivity index (χ1) is 18.9. The van der Waals surface area contributed by atoms with Gasteiger partial charge in [-0.25, -0.2) is 10.2 Å². The monoisotopic (exact) mass is 540 g/mol. The average Bonchev–Trinajstić information content (AvgIpc) is 3.47. The van der Waals surface area contributed by atoms with Gasteiger partial charge in [-0.15, -0.1) is 11.3 Å². The molecule has 0 atom stereocenters. The Morgan fingerprint density at radius 1 is 0.897 bits per heavy atom. The lowest BCUT2D eigenvalue weighted by Crippen LogP contribution is -2.32. The molecule has 0 bridgehead atoms. The second-order valence-electron chi connectivity index (χ2n) is 7.83. The normalized spacial score (nSPS) is 11.1. The summed E-state index contributed by atoms with van der Waals surface area (Å²) in [4.78, 5) is 49.5. The van der Waals surface area contributed by atoms with Crippen molar-refractivity contribution in [1.82, 2.24) is 10.7 Å². The van der Waals surface area contributed by atoms with Crippen molar-refractivity contribution in [1.29, 1.82) is 0 Å². The number of hydrogen-bond acceptors (Lipinski definition) is 8. The fourth-order valence-electron chi connectivity index (χ4n) is 3.26. The van der Waals surface area contributed by atoms with E-state index < -0.39 is 22.7 Å². The van der Waals surface area contributed by atoms with E-state index in [4.69, 9.17) is 4.74 Å². The molecular formula is C28H20N4O6S. The Labute approximate surface area is 226 Å². The van der Waals surface area contributed by atoms with Crippen molar-refractivity contribution >= 4 is 47.1 Å². The molecule has 2 amide bonds. The Morgan fingerprint density at radius 3 is 2.23 bits per heavy atom. The quantitative estimate of drug-likeness (QED) is 0.0781. The molecular weight excluding hydrogens is 520 g/mol. The summed E-state index contributed by atoms with van der Waals surface area (Å²) >= 11 is 1.36. The maximum Gasteiger partial charge on any atom is 0.343 e. The molecule has 0 spiro atoms. The van der Waals surface area contributed by atoms with E-state index in [1.54, 1.807) is 72.8 Å². The molecule has 2 N–H and O–H groups in total. The van der Waals surface area contributed by atoms with Gasteiger partial charge in [0.25, 0.3) is 17.5 Å². The van der Waals surface area contributed by atoms with Gasteiger partial charge >= 0.3 is 5.97 Å². The number of carbonyl (C=O) groups excluding carboxylic acids is 3. The highest BCUT2D eigenvalue weighted by Crippen LogP contribution is 2.24. The van der Waals surface area contributed by atoms with Crippen LogP contribution in [0.4, 0.5) is 5.69 Å². The molecule has 0 saturated heterocycles. The lowest BCUT2D eigenvalue weighted by Gasteiger charge is -2.09. The third-order valence-electron chi connectivity index (χ3n) is 5.14. The van der Waals surface area contributed by atoms with E-state index in [9.17, 15) is 24.5 Å². The molecule has 4 rings (SSSR count). The number of esters is 1. The van der Waals surface area contributed by atoms with E-state index >= 15 is 0 Å². The van der Waals surface area contributed by atoms with Crippen LogP contribution in [-0.2, 0) is 4.79 Å². The zero-order valence-corrected chi connectivity index (χ0v) is 21.0. The van der Waals surface area contributed by atoms with E-state index in [0.717, 1.165) is 12.3 Å². The number of rotatable bonds is 9. The van der Waals surface area contributed by atoms with E-state index in [1.165, 1.54) is 29.5 Å². The van der Waals surface area contributed by atoms with Gasteiger partial charge in [0.1, 0.15) is 11.4 Å². The number of hydrazone groups is 1. The minimum absolute atomic E-state index is 0.000756. The van der Waals surface area contributed by atoms with Gasteiger partial charge in [-0.3, -0.25) is 19.7 Å². The van der Waals surface area contributed by atoms with Crippen LogP contribution in [0.2, 0.25) is 0 Å². The summed E-state index contributed by atoms with van der Waals surface area (Å²) in [6.45, 7) is 0. The van der Waals surface area contributed by atoms with Crippen LogP contribution in [0.25, 0.3) is 6.08 Å². The second-order valence-corrected chi connectivity index (χ2v) is 8.81. The maximum atomic E-state index is 13.0. The second kappa shape index (κ2) is 12.7. The van der Waals surface area contributed by atoms with Crippen molar-refractivity contribution in [3.63, 3.8) is 0 Å². The molecule has 0 fully saturated rings. The lowest BCUT2D eigenvalue weighted by molar-refractivity contribution is -0.384. The first-order valence-electron chi connectivity index (χ1n) is 11.4. The number of non-ortho nitro benzene ring substituents is 1. The van der Waals surface area contributed by atoms with Crippen LogP contribution < -0.4 is 15.5 Å². The first-order valence-corrected chi connectivity index (χ1v) is 12.3. The van der Waals surface area contributed by atoms with Crippen LogP contribution in [0.15, 0.2) is 107 Å². The molecule has 0 aliphatic heterocycles. The summed E-state index contributed by atoms with van der Waals surface area (Å²) in [7, 11) is 0. The molecule has 0 aliphatic carbocycles. The van der Waals surface area contributed by atoms with Gasteiger partial charge < -0.3 is 10.1 Å². The van der Waals surface area contributed by atoms with Crippen LogP contribution >= 0.6 is 11.3 Å². The fourth-order valence-corrected chi connectivity index (χ4v) is 3.91. The summed E-state index contributed by atoms with van der Waals surface area (Å²) in [5, 5.41) is 19.6. The molecule has 11 heteroatoms. The Bertz CT molecular complexity index is 1550. The highest BCUT2D eigenvalue weighted by molar-refractivity contribution is 7.10. The number of thiophene rings is 1. The Hall–Kier alpha value is -5.42. The fraction of sp³-hybridized carbons (Fsp3) is 0. The molecule has 0 saturated carbocycles. The molecule has 0 radical (unpaired) electrons. The summed E-state index contributed by atoms with van der Waals surface area (Å²) in [6.07, 6.45) is 2.61. The van der Waals surface area contributed by atoms with Gasteiger partial charge in [0.2, 0.25) is 0 Å². The van der Waals surface area contributed by atoms with Gasteiger partial charge in [0.15, 0.2) is 0 Å². The van der Waals surface area contributed by atoms with E-state index in [-0.39, 0.29) is 28.3 Å². The molecule has 1 heterocycles. The smallest absolute Gasteiger partial charge is 0.343 e. The molecule has 10 nitrogen and oxygen atoms in total. The van der Waals surface area contributed by atoms with Crippen LogP contribution in [0, 0.1) is 10.1 Å². The van der Waals surface area contributed by atoms with Crippen molar-refractivity contribution in [2.45, 2.75) is 0 Å². The lowest BCUT2D eigenvalue weighted by atomic mass is 10.2. The predicted octanol–water partition coefficient (Wildman–Crippen LogP) is 4.80. The van der Waals surface area contributed by atoms with Crippen LogP contribution in [0.3, 0.4) is 0 Å². The Kier molecular flexibility index (Phi) is 8.67. The van der Waals surface area contributed by atoms with Crippen LogP contribution in [0.1, 0.15) is 31.2 Å². The third-order valence-corrected chi connectivity index (χ3v) is 5.96. The summed E-state index contributed by atoms with van der Waals surface area (Å²) in [5.74, 6) is -1.91. The van der Waals surface area contributed by atoms with Crippen molar-refractivity contribution in [3.8, 4) is 5.75 Å². The summed E-state index contributed by atoms with van der Waals surface area (Å²) in [6, 6.07) is 23.8. The number of nitro groups is 1. The van der Waals surface area contributed by atoms with Gasteiger partial charge in [0.05, 0.1) is 16.7 Å². The number of amides is 2. The van der Waals surface area contributed by atoms with Gasteiger partial charge in [-0.05, 0) is 47.9 Å². The van der Waals surface area contributed by atoms with Gasteiger partial charge in [0, 0.05) is 28.1 Å². The number of benzene rings is 3. The van der Waals surface area contributed by atoms with Crippen LogP contribution in [0.5, 0.6) is 5.75 Å². The maximum absolute atomic E-state index is 13.0. The third kappa shape index (κ3) is 7.31. The number of hydrogen-bond donors (Lipinski definition) is 2. The summed E-state index contributed by atoms with van der Waals surface area (Å²) in [5.41, 5.74) is 2.68. The molecule has 4 aromatic rings. The van der Waals surface area contributed by atoms with Gasteiger partial charge in [-0.2, -0.15) is 5.10 Å².